The van der Waals surface area contributed by atoms with E-state index in [1.165, 1.54) is 50.5 Å². The van der Waals surface area contributed by atoms with E-state index < -0.39 is 0 Å². The number of ether oxygens (including phenoxy) is 10. The average molecular weight is 792 g/mol. The minimum Gasteiger partial charge on any atom is -0.491 e. The van der Waals surface area contributed by atoms with E-state index in [1.807, 2.05) is 12.1 Å². The van der Waals surface area contributed by atoms with Gasteiger partial charge in [0.1, 0.15) is 19.0 Å². The quantitative estimate of drug-likeness (QED) is 0.0529. The summed E-state index contributed by atoms with van der Waals surface area (Å²) in [5.41, 5.74) is 2.90. The zero-order chi connectivity index (χ0) is 39.8. The van der Waals surface area contributed by atoms with Crippen molar-refractivity contribution < 1.29 is 52.2 Å². The van der Waals surface area contributed by atoms with E-state index in [0.29, 0.717) is 118 Å². The lowest BCUT2D eigenvalue weighted by atomic mass is 10.0. The zero-order valence-electron chi connectivity index (χ0n) is 34.6. The molecule has 12 heteroatoms. The summed E-state index contributed by atoms with van der Waals surface area (Å²) in [6, 6.07) is 15.7. The Labute approximate surface area is 337 Å². The van der Waals surface area contributed by atoms with Crippen molar-refractivity contribution in [3.63, 3.8) is 0 Å². The molecular weight excluding hydrogens is 718 g/mol. The van der Waals surface area contributed by atoms with Gasteiger partial charge < -0.3 is 52.7 Å². The Morgan fingerprint density at radius 2 is 0.857 bits per heavy atom. The molecule has 0 bridgehead atoms. The van der Waals surface area contributed by atoms with Crippen molar-refractivity contribution in [3.05, 3.63) is 59.7 Å². The molecule has 12 nitrogen and oxygen atoms in total. The van der Waals surface area contributed by atoms with Crippen molar-refractivity contribution in [2.75, 3.05) is 131 Å². The molecule has 320 valence electrons. The Morgan fingerprint density at radius 1 is 0.446 bits per heavy atom. The molecule has 0 aromatic heterocycles. The second-order valence-corrected chi connectivity index (χ2v) is 13.3. The van der Waals surface area contributed by atoms with E-state index in [-0.39, 0.29) is 12.6 Å². The number of esters is 1. The van der Waals surface area contributed by atoms with Crippen molar-refractivity contribution in [2.24, 2.45) is 0 Å². The third-order valence-corrected chi connectivity index (χ3v) is 8.53. The normalized spacial score (nSPS) is 11.2. The summed E-state index contributed by atoms with van der Waals surface area (Å²) >= 11 is 0. The number of benzene rings is 2. The molecule has 2 aromatic rings. The summed E-state index contributed by atoms with van der Waals surface area (Å²) in [5.74, 6) is 0.524. The van der Waals surface area contributed by atoms with Gasteiger partial charge in [-0.25, -0.2) is 4.79 Å². The van der Waals surface area contributed by atoms with Crippen LogP contribution in [0, 0.1) is 0 Å². The van der Waals surface area contributed by atoms with Crippen LogP contribution >= 0.6 is 0 Å². The molecule has 0 radical (unpaired) electrons. The average Bonchev–Trinajstić information content (AvgIpc) is 3.22. The monoisotopic (exact) mass is 792 g/mol. The van der Waals surface area contributed by atoms with Crippen LogP contribution in [0.4, 0.5) is 5.69 Å². The fourth-order valence-corrected chi connectivity index (χ4v) is 5.31. The van der Waals surface area contributed by atoms with E-state index in [1.54, 1.807) is 12.1 Å². The van der Waals surface area contributed by atoms with Gasteiger partial charge in [0.15, 0.2) is 0 Å². The summed E-state index contributed by atoms with van der Waals surface area (Å²) in [6.45, 7) is 13.7. The van der Waals surface area contributed by atoms with Gasteiger partial charge in [0.05, 0.1) is 111 Å². The van der Waals surface area contributed by atoms with Crippen LogP contribution in [0.5, 0.6) is 5.75 Å². The van der Waals surface area contributed by atoms with Crippen LogP contribution in [0.2, 0.25) is 0 Å². The van der Waals surface area contributed by atoms with Crippen molar-refractivity contribution in [3.8, 4) is 5.75 Å². The van der Waals surface area contributed by atoms with Crippen LogP contribution in [0.15, 0.2) is 48.5 Å². The Bertz CT molecular complexity index is 1140. The lowest BCUT2D eigenvalue weighted by Crippen LogP contribution is -2.15. The highest BCUT2D eigenvalue weighted by Gasteiger charge is 2.07. The molecule has 0 aliphatic carbocycles. The standard InChI is InChI=1S/C44H73NO11/c1-3-5-7-8-9-10-11-12-40-13-19-43(20-14-40)55-38-36-53-34-32-51-30-28-49-26-24-47-22-23-48-25-27-50-29-31-52-33-35-54-37-39-56-44(46)41-15-17-42(18-16-41)45-21-6-4-2/h13-20,45H,3-12,21-39H2,1-2H3. The van der Waals surface area contributed by atoms with Gasteiger partial charge in [-0.2, -0.15) is 0 Å². The fourth-order valence-electron chi connectivity index (χ4n) is 5.31. The number of hydrogen-bond acceptors (Lipinski definition) is 12. The van der Waals surface area contributed by atoms with E-state index in [9.17, 15) is 4.79 Å². The number of aryl methyl sites for hydroxylation is 1. The summed E-state index contributed by atoms with van der Waals surface area (Å²) in [6.07, 6.45) is 12.7. The highest BCUT2D eigenvalue weighted by molar-refractivity contribution is 5.89. The molecule has 0 saturated heterocycles. The highest BCUT2D eigenvalue weighted by atomic mass is 16.6. The molecule has 0 fully saturated rings. The maximum atomic E-state index is 12.2. The molecule has 0 saturated carbocycles. The van der Waals surface area contributed by atoms with Crippen LogP contribution < -0.4 is 10.1 Å². The third kappa shape index (κ3) is 29.4. The number of rotatable bonds is 41. The van der Waals surface area contributed by atoms with Gasteiger partial charge in [-0.05, 0) is 61.2 Å². The number of hydrogen-bond donors (Lipinski definition) is 1. The minimum absolute atomic E-state index is 0.192. The van der Waals surface area contributed by atoms with Gasteiger partial charge in [-0.3, -0.25) is 0 Å². The fraction of sp³-hybridized carbons (Fsp3) is 0.705. The molecule has 2 aromatic carbocycles. The Balaban J connectivity index is 1.21. The molecule has 0 unspecified atom stereocenters. The second kappa shape index (κ2) is 37.7. The number of carbonyl (C=O) groups excluding carboxylic acids is 1. The van der Waals surface area contributed by atoms with Crippen LogP contribution in [-0.4, -0.2) is 131 Å². The lowest BCUT2D eigenvalue weighted by molar-refractivity contribution is -0.0247. The maximum absolute atomic E-state index is 12.2. The molecule has 56 heavy (non-hydrogen) atoms. The van der Waals surface area contributed by atoms with E-state index >= 15 is 0 Å². The van der Waals surface area contributed by atoms with Crippen LogP contribution in [0.3, 0.4) is 0 Å². The van der Waals surface area contributed by atoms with Crippen molar-refractivity contribution in [1.82, 2.24) is 0 Å². The Morgan fingerprint density at radius 3 is 1.32 bits per heavy atom. The molecule has 0 heterocycles. The smallest absolute Gasteiger partial charge is 0.338 e. The van der Waals surface area contributed by atoms with Gasteiger partial charge in [-0.15, -0.1) is 0 Å². The minimum atomic E-state index is -0.359. The van der Waals surface area contributed by atoms with E-state index in [0.717, 1.165) is 37.2 Å². The van der Waals surface area contributed by atoms with E-state index in [4.69, 9.17) is 47.4 Å². The summed E-state index contributed by atoms with van der Waals surface area (Å²) in [4.78, 5) is 12.2. The van der Waals surface area contributed by atoms with E-state index in [2.05, 4.69) is 43.4 Å². The van der Waals surface area contributed by atoms with Crippen LogP contribution in [0.1, 0.15) is 87.6 Å². The molecule has 0 amide bonds. The third-order valence-electron chi connectivity index (χ3n) is 8.53. The largest absolute Gasteiger partial charge is 0.491 e. The lowest BCUT2D eigenvalue weighted by Gasteiger charge is -2.09. The number of anilines is 1. The van der Waals surface area contributed by atoms with Gasteiger partial charge in [0, 0.05) is 12.2 Å². The van der Waals surface area contributed by atoms with Gasteiger partial charge in [-0.1, -0.05) is 70.9 Å². The Kier molecular flexibility index (Phi) is 33.3. The Hall–Kier alpha value is -2.81. The SMILES string of the molecule is CCCCCCCCCc1ccc(OCCOCCOCCOCCOCCOCCOCCOCCOCCOC(=O)c2ccc(NCCCC)cc2)cc1. The first-order chi connectivity index (χ1) is 27.7. The van der Waals surface area contributed by atoms with Crippen molar-refractivity contribution in [1.29, 1.82) is 0 Å². The van der Waals surface area contributed by atoms with Crippen LogP contribution in [0.25, 0.3) is 0 Å². The van der Waals surface area contributed by atoms with Gasteiger partial charge in [0.25, 0.3) is 0 Å². The number of carbonyl (C=O) groups is 1. The molecule has 2 rings (SSSR count). The summed E-state index contributed by atoms with van der Waals surface area (Å²) in [7, 11) is 0. The topological polar surface area (TPSA) is 121 Å². The predicted molar refractivity (Wildman–Crippen MR) is 220 cm³/mol. The summed E-state index contributed by atoms with van der Waals surface area (Å²) in [5, 5.41) is 3.32. The van der Waals surface area contributed by atoms with Gasteiger partial charge >= 0.3 is 5.97 Å². The first-order valence-electron chi connectivity index (χ1n) is 21.1. The molecule has 0 aliphatic heterocycles. The zero-order valence-corrected chi connectivity index (χ0v) is 34.6. The first kappa shape index (κ1) is 49.3. The second-order valence-electron chi connectivity index (χ2n) is 13.3. The first-order valence-corrected chi connectivity index (χ1v) is 21.1. The molecular formula is C44H73NO11. The van der Waals surface area contributed by atoms with Crippen LogP contribution in [-0.2, 0) is 49.1 Å². The molecule has 0 spiro atoms. The van der Waals surface area contributed by atoms with Gasteiger partial charge in [0.2, 0.25) is 0 Å². The number of nitrogens with one attached hydrogen (secondary N) is 1. The molecule has 0 aliphatic rings. The van der Waals surface area contributed by atoms with Crippen molar-refractivity contribution in [2.45, 2.75) is 78.1 Å². The van der Waals surface area contributed by atoms with Crippen molar-refractivity contribution >= 4 is 11.7 Å². The summed E-state index contributed by atoms with van der Waals surface area (Å²) < 4.78 is 55.2. The maximum Gasteiger partial charge on any atom is 0.338 e. The molecule has 0 atom stereocenters. The highest BCUT2D eigenvalue weighted by Crippen LogP contribution is 2.15. The number of unbranched alkanes of at least 4 members (excludes halogenated alkanes) is 7. The molecule has 1 N–H and O–H groups in total. The predicted octanol–water partition coefficient (Wildman–Crippen LogP) is 7.56.